The second kappa shape index (κ2) is 7.36. The summed E-state index contributed by atoms with van der Waals surface area (Å²) in [5.41, 5.74) is 1.17. The number of morpholine rings is 1. The summed E-state index contributed by atoms with van der Waals surface area (Å²) >= 11 is 0. The molecule has 0 aromatic heterocycles. The Hall–Kier alpha value is -1.26. The molecule has 2 rings (SSSR count). The number of ether oxygens (including phenoxy) is 3. The zero-order valence-corrected chi connectivity index (χ0v) is 11.9. The first-order valence-corrected chi connectivity index (χ1v) is 6.85. The molecule has 0 bridgehead atoms. The van der Waals surface area contributed by atoms with Crippen LogP contribution in [0.4, 0.5) is 0 Å². The molecule has 1 aromatic rings. The molecule has 0 saturated carbocycles. The predicted molar refractivity (Wildman–Crippen MR) is 75.1 cm³/mol. The van der Waals surface area contributed by atoms with Crippen LogP contribution in [0.5, 0.6) is 11.5 Å². The van der Waals surface area contributed by atoms with E-state index in [1.807, 2.05) is 18.2 Å². The summed E-state index contributed by atoms with van der Waals surface area (Å²) in [6.45, 7) is 4.91. The predicted octanol–water partition coefficient (Wildman–Crippen LogP) is 1.97. The van der Waals surface area contributed by atoms with Gasteiger partial charge in [0, 0.05) is 18.7 Å². The third-order valence-corrected chi connectivity index (χ3v) is 3.53. The number of methoxy groups -OCH3 is 2. The van der Waals surface area contributed by atoms with Crippen LogP contribution in [0, 0.1) is 0 Å². The molecule has 1 fully saturated rings. The van der Waals surface area contributed by atoms with Crippen molar-refractivity contribution in [3.63, 3.8) is 0 Å². The number of rotatable bonds is 6. The Labute approximate surface area is 115 Å². The molecular weight excluding hydrogens is 242 g/mol. The van der Waals surface area contributed by atoms with Crippen molar-refractivity contribution in [3.8, 4) is 11.5 Å². The Morgan fingerprint density at radius 1 is 1.11 bits per heavy atom. The highest BCUT2D eigenvalue weighted by Crippen LogP contribution is 2.29. The van der Waals surface area contributed by atoms with Gasteiger partial charge in [0.2, 0.25) is 0 Å². The third-order valence-electron chi connectivity index (χ3n) is 3.53. The van der Waals surface area contributed by atoms with Crippen LogP contribution in [0.1, 0.15) is 12.0 Å². The average molecular weight is 265 g/mol. The molecule has 1 aromatic carbocycles. The molecule has 1 aliphatic rings. The molecule has 19 heavy (non-hydrogen) atoms. The standard InChI is InChI=1S/C15H23NO3/c1-17-14-6-3-7-15(18-2)13(14)5-4-8-16-9-11-19-12-10-16/h3,6-7H,4-5,8-12H2,1-2H3. The maximum atomic E-state index is 5.42. The van der Waals surface area contributed by atoms with E-state index in [0.717, 1.165) is 57.2 Å². The van der Waals surface area contributed by atoms with E-state index in [1.165, 1.54) is 5.56 Å². The van der Waals surface area contributed by atoms with E-state index < -0.39 is 0 Å². The molecule has 4 heteroatoms. The summed E-state index contributed by atoms with van der Waals surface area (Å²) in [6, 6.07) is 5.95. The van der Waals surface area contributed by atoms with E-state index >= 15 is 0 Å². The van der Waals surface area contributed by atoms with Gasteiger partial charge < -0.3 is 14.2 Å². The van der Waals surface area contributed by atoms with Gasteiger partial charge in [-0.25, -0.2) is 0 Å². The van der Waals surface area contributed by atoms with Crippen molar-refractivity contribution < 1.29 is 14.2 Å². The lowest BCUT2D eigenvalue weighted by Crippen LogP contribution is -2.36. The fourth-order valence-electron chi connectivity index (χ4n) is 2.48. The van der Waals surface area contributed by atoms with Gasteiger partial charge in [0.15, 0.2) is 0 Å². The maximum absolute atomic E-state index is 5.42. The van der Waals surface area contributed by atoms with Gasteiger partial charge in [-0.3, -0.25) is 4.90 Å². The van der Waals surface area contributed by atoms with E-state index in [9.17, 15) is 0 Å². The maximum Gasteiger partial charge on any atom is 0.125 e. The molecule has 1 saturated heterocycles. The van der Waals surface area contributed by atoms with Gasteiger partial charge in [-0.2, -0.15) is 0 Å². The highest BCUT2D eigenvalue weighted by atomic mass is 16.5. The molecule has 1 heterocycles. The molecule has 0 N–H and O–H groups in total. The largest absolute Gasteiger partial charge is 0.496 e. The summed E-state index contributed by atoms with van der Waals surface area (Å²) in [7, 11) is 3.42. The van der Waals surface area contributed by atoms with Crippen molar-refractivity contribution in [3.05, 3.63) is 23.8 Å². The summed E-state index contributed by atoms with van der Waals surface area (Å²) in [4.78, 5) is 2.45. The number of hydrogen-bond acceptors (Lipinski definition) is 4. The van der Waals surface area contributed by atoms with Crippen molar-refractivity contribution in [2.24, 2.45) is 0 Å². The highest BCUT2D eigenvalue weighted by Gasteiger charge is 2.12. The third kappa shape index (κ3) is 3.85. The summed E-state index contributed by atoms with van der Waals surface area (Å²) in [5, 5.41) is 0. The zero-order chi connectivity index (χ0) is 13.5. The van der Waals surface area contributed by atoms with Crippen molar-refractivity contribution >= 4 is 0 Å². The monoisotopic (exact) mass is 265 g/mol. The summed E-state index contributed by atoms with van der Waals surface area (Å²) in [6.07, 6.45) is 2.08. The quantitative estimate of drug-likeness (QED) is 0.787. The van der Waals surface area contributed by atoms with Crippen LogP contribution < -0.4 is 9.47 Å². The Morgan fingerprint density at radius 2 is 1.74 bits per heavy atom. The molecule has 0 spiro atoms. The number of benzene rings is 1. The van der Waals surface area contributed by atoms with Crippen LogP contribution in [0.25, 0.3) is 0 Å². The Morgan fingerprint density at radius 3 is 2.32 bits per heavy atom. The minimum atomic E-state index is 0.859. The van der Waals surface area contributed by atoms with E-state index in [4.69, 9.17) is 14.2 Å². The fraction of sp³-hybridized carbons (Fsp3) is 0.600. The van der Waals surface area contributed by atoms with Crippen molar-refractivity contribution in [1.29, 1.82) is 0 Å². The van der Waals surface area contributed by atoms with E-state index in [-0.39, 0.29) is 0 Å². The lowest BCUT2D eigenvalue weighted by atomic mass is 10.1. The summed E-state index contributed by atoms with van der Waals surface area (Å²) in [5.74, 6) is 1.84. The second-order valence-electron chi connectivity index (χ2n) is 4.70. The first kappa shape index (κ1) is 14.2. The van der Waals surface area contributed by atoms with Crippen molar-refractivity contribution in [1.82, 2.24) is 4.90 Å². The van der Waals surface area contributed by atoms with Crippen LogP contribution in [0.15, 0.2) is 18.2 Å². The lowest BCUT2D eigenvalue weighted by Gasteiger charge is -2.26. The first-order chi connectivity index (χ1) is 9.35. The highest BCUT2D eigenvalue weighted by molar-refractivity contribution is 5.44. The summed E-state index contributed by atoms with van der Waals surface area (Å²) < 4.78 is 16.2. The van der Waals surface area contributed by atoms with Gasteiger partial charge in [0.25, 0.3) is 0 Å². The molecule has 4 nitrogen and oxygen atoms in total. The molecule has 106 valence electrons. The second-order valence-corrected chi connectivity index (χ2v) is 4.70. The van der Waals surface area contributed by atoms with E-state index in [1.54, 1.807) is 14.2 Å². The number of nitrogens with zero attached hydrogens (tertiary/aromatic N) is 1. The molecule has 0 atom stereocenters. The molecule has 0 unspecified atom stereocenters. The van der Waals surface area contributed by atoms with Crippen LogP contribution in [0.2, 0.25) is 0 Å². The van der Waals surface area contributed by atoms with Crippen LogP contribution >= 0.6 is 0 Å². The number of hydrogen-bond donors (Lipinski definition) is 0. The van der Waals surface area contributed by atoms with Gasteiger partial charge in [-0.05, 0) is 31.5 Å². The van der Waals surface area contributed by atoms with Crippen LogP contribution in [-0.2, 0) is 11.2 Å². The van der Waals surface area contributed by atoms with Gasteiger partial charge in [0.05, 0.1) is 27.4 Å². The molecular formula is C15H23NO3. The lowest BCUT2D eigenvalue weighted by molar-refractivity contribution is 0.0374. The van der Waals surface area contributed by atoms with Gasteiger partial charge >= 0.3 is 0 Å². The van der Waals surface area contributed by atoms with Gasteiger partial charge in [-0.1, -0.05) is 6.07 Å². The van der Waals surface area contributed by atoms with Gasteiger partial charge in [-0.15, -0.1) is 0 Å². The van der Waals surface area contributed by atoms with Crippen molar-refractivity contribution in [2.45, 2.75) is 12.8 Å². The minimum Gasteiger partial charge on any atom is -0.496 e. The SMILES string of the molecule is COc1cccc(OC)c1CCCN1CCOCC1. The Kier molecular flexibility index (Phi) is 5.48. The molecule has 1 aliphatic heterocycles. The topological polar surface area (TPSA) is 30.9 Å². The zero-order valence-electron chi connectivity index (χ0n) is 11.9. The average Bonchev–Trinajstić information content (AvgIpc) is 2.48. The Balaban J connectivity index is 1.90. The molecule has 0 aliphatic carbocycles. The Bertz CT molecular complexity index is 367. The van der Waals surface area contributed by atoms with Crippen molar-refractivity contribution in [2.75, 3.05) is 47.1 Å². The van der Waals surface area contributed by atoms with E-state index in [0.29, 0.717) is 0 Å². The van der Waals surface area contributed by atoms with Crippen LogP contribution in [0.3, 0.4) is 0 Å². The smallest absolute Gasteiger partial charge is 0.125 e. The van der Waals surface area contributed by atoms with Crippen LogP contribution in [-0.4, -0.2) is 52.0 Å². The minimum absolute atomic E-state index is 0.859. The molecule has 0 amide bonds. The van der Waals surface area contributed by atoms with Gasteiger partial charge in [0.1, 0.15) is 11.5 Å². The molecule has 0 radical (unpaired) electrons. The normalized spacial score (nSPS) is 16.3. The fourth-order valence-corrected chi connectivity index (χ4v) is 2.48. The van der Waals surface area contributed by atoms with E-state index in [2.05, 4.69) is 4.90 Å². The first-order valence-electron chi connectivity index (χ1n) is 6.85.